The molecule has 0 bridgehead atoms. The standard InChI is InChI=1S/C21H18Br2ClFN6O4/c1-9(2)17(18(26)32)35-30-20(33)11-6-10(25)7-12(22)16(11)28-21(34)14-8-15(23)29-31(14)19-13(24)4-3-5-27-19/h3-9,17H,1-2H3,(H2,26,32)(H,28,34)(H,30,33). The van der Waals surface area contributed by atoms with E-state index >= 15 is 0 Å². The second kappa shape index (κ2) is 11.2. The number of carbonyl (C=O) groups excluding carboxylic acids is 3. The van der Waals surface area contributed by atoms with Crippen LogP contribution in [0.2, 0.25) is 5.02 Å². The number of hydrogen-bond acceptors (Lipinski definition) is 6. The van der Waals surface area contributed by atoms with Crippen molar-refractivity contribution in [2.45, 2.75) is 20.0 Å². The number of hydrogen-bond donors (Lipinski definition) is 3. The number of anilines is 1. The SMILES string of the molecule is CC(C)C(ONC(=O)c1cc(F)cc(Br)c1NC(=O)c1cc(Br)nn1-c1ncccc1Cl)C(N)=O. The Hall–Kier alpha value is -2.87. The van der Waals surface area contributed by atoms with Crippen LogP contribution in [0.3, 0.4) is 0 Å². The molecule has 0 radical (unpaired) electrons. The van der Waals surface area contributed by atoms with E-state index in [0.717, 1.165) is 12.1 Å². The molecule has 2 aromatic heterocycles. The maximum Gasteiger partial charge on any atom is 0.277 e. The largest absolute Gasteiger partial charge is 0.367 e. The molecule has 0 aliphatic carbocycles. The van der Waals surface area contributed by atoms with E-state index in [4.69, 9.17) is 22.2 Å². The van der Waals surface area contributed by atoms with Crippen molar-refractivity contribution in [2.24, 2.45) is 11.7 Å². The van der Waals surface area contributed by atoms with Gasteiger partial charge >= 0.3 is 0 Å². The van der Waals surface area contributed by atoms with Gasteiger partial charge < -0.3 is 11.1 Å². The first kappa shape index (κ1) is 26.7. The van der Waals surface area contributed by atoms with Crippen molar-refractivity contribution in [3.8, 4) is 5.82 Å². The van der Waals surface area contributed by atoms with E-state index in [2.05, 4.69) is 52.7 Å². The molecule has 0 aliphatic heterocycles. The smallest absolute Gasteiger partial charge is 0.277 e. The van der Waals surface area contributed by atoms with Gasteiger partial charge in [0.25, 0.3) is 11.8 Å². The van der Waals surface area contributed by atoms with Crippen LogP contribution < -0.4 is 16.5 Å². The average molecular weight is 633 g/mol. The van der Waals surface area contributed by atoms with Gasteiger partial charge in [0.2, 0.25) is 5.91 Å². The summed E-state index contributed by atoms with van der Waals surface area (Å²) in [7, 11) is 0. The summed E-state index contributed by atoms with van der Waals surface area (Å²) in [4.78, 5) is 46.8. The van der Waals surface area contributed by atoms with Crippen LogP contribution in [-0.4, -0.2) is 38.6 Å². The Morgan fingerprint density at radius 1 is 1.20 bits per heavy atom. The molecule has 0 saturated heterocycles. The van der Waals surface area contributed by atoms with E-state index in [1.54, 1.807) is 26.0 Å². The van der Waals surface area contributed by atoms with Crippen molar-refractivity contribution in [3.05, 3.63) is 67.7 Å². The fraction of sp³-hybridized carbons (Fsp3) is 0.190. The molecular formula is C21H18Br2ClFN6O4. The number of rotatable bonds is 8. The van der Waals surface area contributed by atoms with Gasteiger partial charge in [0.15, 0.2) is 11.9 Å². The minimum Gasteiger partial charge on any atom is -0.367 e. The number of benzene rings is 1. The summed E-state index contributed by atoms with van der Waals surface area (Å²) >= 11 is 12.6. The molecule has 0 fully saturated rings. The van der Waals surface area contributed by atoms with Crippen LogP contribution in [0.1, 0.15) is 34.7 Å². The minimum atomic E-state index is -1.12. The van der Waals surface area contributed by atoms with Crippen LogP contribution in [0.5, 0.6) is 0 Å². The molecule has 0 spiro atoms. The van der Waals surface area contributed by atoms with Crippen LogP contribution in [-0.2, 0) is 9.63 Å². The molecule has 3 rings (SSSR count). The molecule has 2 heterocycles. The lowest BCUT2D eigenvalue weighted by molar-refractivity contribution is -0.136. The Morgan fingerprint density at radius 2 is 1.91 bits per heavy atom. The summed E-state index contributed by atoms with van der Waals surface area (Å²) in [6.45, 7) is 3.34. The molecule has 10 nitrogen and oxygen atoms in total. The molecule has 184 valence electrons. The van der Waals surface area contributed by atoms with Gasteiger partial charge in [-0.2, -0.15) is 5.10 Å². The fourth-order valence-corrected chi connectivity index (χ4v) is 4.07. The Bertz CT molecular complexity index is 1300. The van der Waals surface area contributed by atoms with E-state index in [-0.39, 0.29) is 38.2 Å². The summed E-state index contributed by atoms with van der Waals surface area (Å²) in [6.07, 6.45) is 0.359. The first-order valence-corrected chi connectivity index (χ1v) is 11.9. The molecule has 3 amide bonds. The zero-order valence-electron chi connectivity index (χ0n) is 18.2. The van der Waals surface area contributed by atoms with Crippen LogP contribution in [0.15, 0.2) is 45.6 Å². The molecule has 4 N–H and O–H groups in total. The van der Waals surface area contributed by atoms with Crippen molar-refractivity contribution in [1.82, 2.24) is 20.2 Å². The van der Waals surface area contributed by atoms with Crippen LogP contribution in [0, 0.1) is 11.7 Å². The minimum absolute atomic E-state index is 0.0184. The zero-order chi connectivity index (χ0) is 25.9. The van der Waals surface area contributed by atoms with E-state index in [0.29, 0.717) is 4.60 Å². The fourth-order valence-electron chi connectivity index (χ4n) is 2.96. The second-order valence-electron chi connectivity index (χ2n) is 7.45. The quantitative estimate of drug-likeness (QED) is 0.321. The van der Waals surface area contributed by atoms with Crippen LogP contribution in [0.25, 0.3) is 5.82 Å². The number of aromatic nitrogens is 3. The highest BCUT2D eigenvalue weighted by Crippen LogP contribution is 2.30. The maximum atomic E-state index is 14.1. The number of amides is 3. The van der Waals surface area contributed by atoms with Crippen molar-refractivity contribution in [3.63, 3.8) is 0 Å². The lowest BCUT2D eigenvalue weighted by Gasteiger charge is -2.19. The topological polar surface area (TPSA) is 141 Å². The molecule has 1 unspecified atom stereocenters. The summed E-state index contributed by atoms with van der Waals surface area (Å²) in [5.74, 6) is -3.33. The summed E-state index contributed by atoms with van der Waals surface area (Å²) in [5.41, 5.74) is 7.04. The van der Waals surface area contributed by atoms with E-state index in [9.17, 15) is 18.8 Å². The number of nitrogens with one attached hydrogen (secondary N) is 2. The van der Waals surface area contributed by atoms with Gasteiger partial charge in [-0.3, -0.25) is 19.2 Å². The van der Waals surface area contributed by atoms with Gasteiger partial charge in [0.05, 0.1) is 16.3 Å². The number of hydroxylamine groups is 1. The molecule has 0 aliphatic rings. The van der Waals surface area contributed by atoms with Gasteiger partial charge in [-0.15, -0.1) is 0 Å². The number of carbonyl (C=O) groups is 3. The number of pyridine rings is 1. The number of primary amides is 1. The third-order valence-electron chi connectivity index (χ3n) is 4.55. The van der Waals surface area contributed by atoms with E-state index in [1.165, 1.54) is 16.9 Å². The van der Waals surface area contributed by atoms with Gasteiger partial charge in [0, 0.05) is 16.7 Å². The van der Waals surface area contributed by atoms with Crippen molar-refractivity contribution in [2.75, 3.05) is 5.32 Å². The normalized spacial score (nSPS) is 11.9. The molecular weight excluding hydrogens is 615 g/mol. The highest BCUT2D eigenvalue weighted by molar-refractivity contribution is 9.10. The van der Waals surface area contributed by atoms with Crippen molar-refractivity contribution in [1.29, 1.82) is 0 Å². The highest BCUT2D eigenvalue weighted by Gasteiger charge is 2.25. The average Bonchev–Trinajstić information content (AvgIpc) is 3.16. The third-order valence-corrected chi connectivity index (χ3v) is 5.86. The number of nitrogens with zero attached hydrogens (tertiary/aromatic N) is 3. The van der Waals surface area contributed by atoms with Crippen molar-refractivity contribution >= 4 is 66.9 Å². The van der Waals surface area contributed by atoms with Crippen LogP contribution >= 0.6 is 43.5 Å². The lowest BCUT2D eigenvalue weighted by Crippen LogP contribution is -2.41. The zero-order valence-corrected chi connectivity index (χ0v) is 22.1. The van der Waals surface area contributed by atoms with Gasteiger partial charge in [-0.1, -0.05) is 25.4 Å². The monoisotopic (exact) mass is 630 g/mol. The molecule has 1 atom stereocenters. The molecule has 1 aromatic carbocycles. The predicted molar refractivity (Wildman–Crippen MR) is 132 cm³/mol. The summed E-state index contributed by atoms with van der Waals surface area (Å²) < 4.78 is 15.7. The van der Waals surface area contributed by atoms with Gasteiger partial charge in [-0.25, -0.2) is 19.5 Å². The number of halogens is 4. The first-order chi connectivity index (χ1) is 16.5. The second-order valence-corrected chi connectivity index (χ2v) is 9.53. The maximum absolute atomic E-state index is 14.1. The molecule has 35 heavy (non-hydrogen) atoms. The van der Waals surface area contributed by atoms with Crippen LogP contribution in [0.4, 0.5) is 10.1 Å². The molecule has 0 saturated carbocycles. The summed E-state index contributed by atoms with van der Waals surface area (Å²) in [6, 6.07) is 6.58. The third kappa shape index (κ3) is 6.23. The Morgan fingerprint density at radius 3 is 2.54 bits per heavy atom. The van der Waals surface area contributed by atoms with Gasteiger partial charge in [-0.05, 0) is 62.0 Å². The number of nitrogens with two attached hydrogens (primary N) is 1. The van der Waals surface area contributed by atoms with Crippen molar-refractivity contribution < 1.29 is 23.6 Å². The first-order valence-electron chi connectivity index (χ1n) is 9.91. The predicted octanol–water partition coefficient (Wildman–Crippen LogP) is 4.01. The molecule has 3 aromatic rings. The Kier molecular flexibility index (Phi) is 8.59. The van der Waals surface area contributed by atoms with E-state index in [1.807, 2.05) is 0 Å². The molecule has 14 heteroatoms. The lowest BCUT2D eigenvalue weighted by atomic mass is 10.1. The summed E-state index contributed by atoms with van der Waals surface area (Å²) in [5, 5.41) is 7.00. The van der Waals surface area contributed by atoms with Gasteiger partial charge in [0.1, 0.15) is 16.1 Å². The Labute approximate surface area is 220 Å². The highest BCUT2D eigenvalue weighted by atomic mass is 79.9. The van der Waals surface area contributed by atoms with E-state index < -0.39 is 29.6 Å². The Balaban J connectivity index is 1.93.